The fourth-order valence-corrected chi connectivity index (χ4v) is 4.36. The Morgan fingerprint density at radius 3 is 2.62 bits per heavy atom. The van der Waals surface area contributed by atoms with Crippen LogP contribution < -0.4 is 10.0 Å². The van der Waals surface area contributed by atoms with Crippen molar-refractivity contribution in [1.82, 2.24) is 14.9 Å². The zero-order valence-corrected chi connectivity index (χ0v) is 13.6. The minimum Gasteiger partial charge on any atom is -0.340 e. The van der Waals surface area contributed by atoms with E-state index in [2.05, 4.69) is 17.0 Å². The van der Waals surface area contributed by atoms with Gasteiger partial charge in [-0.1, -0.05) is 6.92 Å². The van der Waals surface area contributed by atoms with Crippen LogP contribution in [0.1, 0.15) is 39.0 Å². The molecular weight excluding hydrogens is 290 g/mol. The molecule has 0 bridgehead atoms. The lowest BCUT2D eigenvalue weighted by Gasteiger charge is -2.27. The monoisotopic (exact) mass is 317 g/mol. The van der Waals surface area contributed by atoms with Gasteiger partial charge in [-0.2, -0.15) is 0 Å². The number of carbonyl (C=O) groups excluding carboxylic acids is 1. The predicted molar refractivity (Wildman–Crippen MR) is 82.4 cm³/mol. The van der Waals surface area contributed by atoms with Crippen LogP contribution in [0, 0.1) is 5.92 Å². The summed E-state index contributed by atoms with van der Waals surface area (Å²) in [5.41, 5.74) is 0. The molecule has 1 saturated heterocycles. The van der Waals surface area contributed by atoms with Crippen LogP contribution in [-0.2, 0) is 14.8 Å². The smallest absolute Gasteiger partial charge is 0.239 e. The van der Waals surface area contributed by atoms with Crippen molar-refractivity contribution in [3.05, 3.63) is 0 Å². The Labute approximate surface area is 127 Å². The van der Waals surface area contributed by atoms with Crippen molar-refractivity contribution >= 4 is 15.9 Å². The van der Waals surface area contributed by atoms with Crippen molar-refractivity contribution in [2.24, 2.45) is 5.92 Å². The first-order valence-corrected chi connectivity index (χ1v) is 9.60. The van der Waals surface area contributed by atoms with Crippen LogP contribution in [0.2, 0.25) is 0 Å². The molecule has 0 aromatic rings. The van der Waals surface area contributed by atoms with Gasteiger partial charge in [-0.3, -0.25) is 4.79 Å². The van der Waals surface area contributed by atoms with Crippen molar-refractivity contribution in [3.63, 3.8) is 0 Å². The van der Waals surface area contributed by atoms with Crippen LogP contribution in [0.15, 0.2) is 0 Å². The third-order valence-electron chi connectivity index (χ3n) is 4.37. The van der Waals surface area contributed by atoms with Crippen molar-refractivity contribution in [2.75, 3.05) is 31.9 Å². The lowest BCUT2D eigenvalue weighted by molar-refractivity contribution is -0.128. The maximum atomic E-state index is 12.1. The van der Waals surface area contributed by atoms with E-state index < -0.39 is 15.8 Å². The highest BCUT2D eigenvalue weighted by Gasteiger charge is 2.26. The predicted octanol–water partition coefficient (Wildman–Crippen LogP) is 0.306. The number of amides is 1. The van der Waals surface area contributed by atoms with Gasteiger partial charge < -0.3 is 10.2 Å². The van der Waals surface area contributed by atoms with Gasteiger partial charge in [0.25, 0.3) is 0 Å². The number of carbonyl (C=O) groups is 1. The first-order valence-electron chi connectivity index (χ1n) is 7.95. The fourth-order valence-electron chi connectivity index (χ4n) is 3.02. The topological polar surface area (TPSA) is 78.5 Å². The molecule has 1 aliphatic heterocycles. The molecule has 0 radical (unpaired) electrons. The van der Waals surface area contributed by atoms with E-state index in [0.717, 1.165) is 45.2 Å². The van der Waals surface area contributed by atoms with E-state index in [-0.39, 0.29) is 11.9 Å². The number of hydrogen-bond acceptors (Lipinski definition) is 4. The molecule has 1 aliphatic carbocycles. The van der Waals surface area contributed by atoms with Gasteiger partial charge in [0.15, 0.2) is 0 Å². The largest absolute Gasteiger partial charge is 0.340 e. The number of hydrogen-bond donors (Lipinski definition) is 2. The van der Waals surface area contributed by atoms with Gasteiger partial charge in [0.05, 0.1) is 0 Å². The maximum Gasteiger partial charge on any atom is 0.239 e. The van der Waals surface area contributed by atoms with E-state index in [0.29, 0.717) is 19.0 Å². The van der Waals surface area contributed by atoms with Gasteiger partial charge >= 0.3 is 0 Å². The molecule has 0 atom stereocenters. The van der Waals surface area contributed by atoms with E-state index in [4.69, 9.17) is 0 Å². The lowest BCUT2D eigenvalue weighted by Crippen LogP contribution is -2.44. The van der Waals surface area contributed by atoms with Crippen LogP contribution >= 0.6 is 0 Å². The molecule has 2 rings (SSSR count). The standard InChI is InChI=1S/C14H27N3O3S/c1-12-3-5-13(6-4-12)16-21(19,20)11-14(18)17-9-2-7-15-8-10-17/h12-13,15-16H,2-11H2,1H3. The molecule has 0 aromatic heterocycles. The van der Waals surface area contributed by atoms with Crippen molar-refractivity contribution < 1.29 is 13.2 Å². The van der Waals surface area contributed by atoms with Crippen LogP contribution in [0.3, 0.4) is 0 Å². The molecule has 1 saturated carbocycles. The molecule has 0 aromatic carbocycles. The van der Waals surface area contributed by atoms with Crippen LogP contribution in [0.5, 0.6) is 0 Å². The summed E-state index contributed by atoms with van der Waals surface area (Å²) in [6, 6.07) is 0.00444. The molecule has 2 fully saturated rings. The van der Waals surface area contributed by atoms with E-state index in [9.17, 15) is 13.2 Å². The molecular formula is C14H27N3O3S. The highest BCUT2D eigenvalue weighted by Crippen LogP contribution is 2.23. The van der Waals surface area contributed by atoms with Gasteiger partial charge in [0, 0.05) is 25.7 Å². The van der Waals surface area contributed by atoms with E-state index >= 15 is 0 Å². The Kier molecular flexibility index (Phi) is 6.01. The second-order valence-electron chi connectivity index (χ2n) is 6.32. The fraction of sp³-hybridized carbons (Fsp3) is 0.929. The molecule has 1 amide bonds. The quantitative estimate of drug-likeness (QED) is 0.782. The molecule has 2 aliphatic rings. The Bertz CT molecular complexity index is 436. The third-order valence-corrected chi connectivity index (χ3v) is 5.69. The van der Waals surface area contributed by atoms with Gasteiger partial charge in [0.1, 0.15) is 5.75 Å². The van der Waals surface area contributed by atoms with Crippen molar-refractivity contribution in [1.29, 1.82) is 0 Å². The minimum absolute atomic E-state index is 0.00444. The zero-order chi connectivity index (χ0) is 15.3. The molecule has 122 valence electrons. The van der Waals surface area contributed by atoms with Gasteiger partial charge in [-0.25, -0.2) is 13.1 Å². The van der Waals surface area contributed by atoms with Crippen LogP contribution in [0.4, 0.5) is 0 Å². The van der Waals surface area contributed by atoms with Gasteiger partial charge in [-0.15, -0.1) is 0 Å². The second-order valence-corrected chi connectivity index (χ2v) is 8.07. The van der Waals surface area contributed by atoms with Crippen LogP contribution in [-0.4, -0.2) is 57.2 Å². The Morgan fingerprint density at radius 2 is 1.90 bits per heavy atom. The summed E-state index contributed by atoms with van der Waals surface area (Å²) in [5.74, 6) is -0.0219. The number of sulfonamides is 1. The summed E-state index contributed by atoms with van der Waals surface area (Å²) in [5, 5.41) is 3.21. The second kappa shape index (κ2) is 7.56. The number of nitrogens with zero attached hydrogens (tertiary/aromatic N) is 1. The summed E-state index contributed by atoms with van der Waals surface area (Å²) >= 11 is 0. The van der Waals surface area contributed by atoms with E-state index in [1.54, 1.807) is 4.90 Å². The van der Waals surface area contributed by atoms with E-state index in [1.807, 2.05) is 0 Å². The SMILES string of the molecule is CC1CCC(NS(=O)(=O)CC(=O)N2CCCNCC2)CC1. The molecule has 7 heteroatoms. The zero-order valence-electron chi connectivity index (χ0n) is 12.8. The lowest BCUT2D eigenvalue weighted by atomic mass is 9.88. The average molecular weight is 317 g/mol. The Balaban J connectivity index is 1.83. The summed E-state index contributed by atoms with van der Waals surface area (Å²) in [6.07, 6.45) is 4.74. The van der Waals surface area contributed by atoms with Crippen molar-refractivity contribution in [3.8, 4) is 0 Å². The molecule has 0 unspecified atom stereocenters. The minimum atomic E-state index is -3.52. The molecule has 1 heterocycles. The van der Waals surface area contributed by atoms with Gasteiger partial charge in [-0.05, 0) is 44.6 Å². The molecule has 2 N–H and O–H groups in total. The Morgan fingerprint density at radius 1 is 1.19 bits per heavy atom. The van der Waals surface area contributed by atoms with E-state index in [1.165, 1.54) is 0 Å². The summed E-state index contributed by atoms with van der Waals surface area (Å²) in [6.45, 7) is 5.05. The Hall–Kier alpha value is -0.660. The highest BCUT2D eigenvalue weighted by atomic mass is 32.2. The third kappa shape index (κ3) is 5.56. The highest BCUT2D eigenvalue weighted by molar-refractivity contribution is 7.90. The summed E-state index contributed by atoms with van der Waals surface area (Å²) in [7, 11) is -3.52. The number of nitrogens with one attached hydrogen (secondary N) is 2. The van der Waals surface area contributed by atoms with Crippen molar-refractivity contribution in [2.45, 2.75) is 45.1 Å². The number of rotatable bonds is 4. The summed E-state index contributed by atoms with van der Waals surface area (Å²) < 4.78 is 27.0. The molecule has 6 nitrogen and oxygen atoms in total. The summed E-state index contributed by atoms with van der Waals surface area (Å²) in [4.78, 5) is 13.8. The van der Waals surface area contributed by atoms with Gasteiger partial charge in [0.2, 0.25) is 15.9 Å². The maximum absolute atomic E-state index is 12.1. The first kappa shape index (κ1) is 16.7. The normalized spacial score (nSPS) is 28.1. The molecule has 21 heavy (non-hydrogen) atoms. The van der Waals surface area contributed by atoms with Crippen LogP contribution in [0.25, 0.3) is 0 Å². The molecule has 0 spiro atoms. The first-order chi connectivity index (χ1) is 9.96. The average Bonchev–Trinajstić information content (AvgIpc) is 2.69.